The minimum Gasteiger partial charge on any atom is -0.316 e. The van der Waals surface area contributed by atoms with E-state index >= 15 is 0 Å². The summed E-state index contributed by atoms with van der Waals surface area (Å²) in [7, 11) is 0. The highest BCUT2D eigenvalue weighted by Crippen LogP contribution is 2.49. The second kappa shape index (κ2) is 6.60. The molecule has 2 aliphatic rings. The molecule has 138 valence electrons. The van der Waals surface area contributed by atoms with Gasteiger partial charge in [-0.2, -0.15) is 5.26 Å². The maximum Gasteiger partial charge on any atom is 0.0862 e. The summed E-state index contributed by atoms with van der Waals surface area (Å²) in [5.74, 6) is 0. The zero-order chi connectivity index (χ0) is 19.1. The molecule has 2 atom stereocenters. The molecule has 1 heterocycles. The van der Waals surface area contributed by atoms with E-state index in [1.165, 1.54) is 22.3 Å². The Kier molecular flexibility index (Phi) is 4.05. The van der Waals surface area contributed by atoms with Crippen LogP contribution in [0.25, 0.3) is 11.1 Å². The summed E-state index contributed by atoms with van der Waals surface area (Å²) < 4.78 is 0. The molecule has 0 amide bonds. The molecule has 0 bridgehead atoms. The van der Waals surface area contributed by atoms with Crippen LogP contribution in [0, 0.1) is 11.3 Å². The second-order valence-electron chi connectivity index (χ2n) is 7.90. The largest absolute Gasteiger partial charge is 0.316 e. The van der Waals surface area contributed by atoms with E-state index in [1.54, 1.807) is 0 Å². The van der Waals surface area contributed by atoms with Crippen molar-refractivity contribution in [3.8, 4) is 17.2 Å². The first-order chi connectivity index (χ1) is 13.7. The van der Waals surface area contributed by atoms with Gasteiger partial charge in [0.1, 0.15) is 0 Å². The minimum absolute atomic E-state index is 0.162. The second-order valence-corrected chi connectivity index (χ2v) is 7.90. The lowest BCUT2D eigenvalue weighted by molar-refractivity contribution is 0.0885. The molecule has 5 rings (SSSR count). The molecule has 0 saturated carbocycles. The number of nitrogens with zero attached hydrogens (tertiary/aromatic N) is 2. The molecule has 1 aliphatic heterocycles. The monoisotopic (exact) mass is 365 g/mol. The summed E-state index contributed by atoms with van der Waals surface area (Å²) in [6.07, 6.45) is 1.27. The van der Waals surface area contributed by atoms with E-state index in [-0.39, 0.29) is 12.2 Å². The van der Waals surface area contributed by atoms with E-state index in [2.05, 4.69) is 71.6 Å². The van der Waals surface area contributed by atoms with Crippen LogP contribution in [0.3, 0.4) is 0 Å². The molecule has 3 heteroatoms. The highest BCUT2D eigenvalue weighted by Gasteiger charge is 2.44. The number of nitriles is 1. The summed E-state index contributed by atoms with van der Waals surface area (Å²) in [4.78, 5) is 2.39. The van der Waals surface area contributed by atoms with Crippen molar-refractivity contribution >= 4 is 0 Å². The topological polar surface area (TPSA) is 53.0 Å². The van der Waals surface area contributed by atoms with Gasteiger partial charge in [0.05, 0.1) is 23.7 Å². The fourth-order valence-corrected chi connectivity index (χ4v) is 5.05. The van der Waals surface area contributed by atoms with Gasteiger partial charge in [0.15, 0.2) is 0 Å². The molecule has 28 heavy (non-hydrogen) atoms. The van der Waals surface area contributed by atoms with Gasteiger partial charge in [-0.1, -0.05) is 78.9 Å². The lowest BCUT2D eigenvalue weighted by Gasteiger charge is -2.45. The van der Waals surface area contributed by atoms with E-state index in [9.17, 15) is 5.26 Å². The Hall–Kier alpha value is -2.93. The number of rotatable bonds is 2. The lowest BCUT2D eigenvalue weighted by atomic mass is 9.72. The van der Waals surface area contributed by atoms with Gasteiger partial charge in [-0.3, -0.25) is 4.90 Å². The third-order valence-corrected chi connectivity index (χ3v) is 6.45. The SMILES string of the molecule is N#CC1(c2ccccc2)CCN(C2c3ccccc3-c3ccccc32)C(N)C1. The smallest absolute Gasteiger partial charge is 0.0862 e. The lowest BCUT2D eigenvalue weighted by Crippen LogP contribution is -2.53. The van der Waals surface area contributed by atoms with Gasteiger partial charge >= 0.3 is 0 Å². The summed E-state index contributed by atoms with van der Waals surface area (Å²) in [6.45, 7) is 0.803. The van der Waals surface area contributed by atoms with Crippen LogP contribution in [-0.2, 0) is 5.41 Å². The van der Waals surface area contributed by atoms with Gasteiger partial charge in [0, 0.05) is 6.54 Å². The van der Waals surface area contributed by atoms with Crippen LogP contribution in [-0.4, -0.2) is 17.6 Å². The van der Waals surface area contributed by atoms with Gasteiger partial charge in [-0.15, -0.1) is 0 Å². The van der Waals surface area contributed by atoms with Crippen molar-refractivity contribution in [2.75, 3.05) is 6.54 Å². The van der Waals surface area contributed by atoms with Crippen LogP contribution in [0.1, 0.15) is 35.6 Å². The van der Waals surface area contributed by atoms with Gasteiger partial charge in [-0.05, 0) is 40.7 Å². The third kappa shape index (κ3) is 2.50. The summed E-state index contributed by atoms with van der Waals surface area (Å²) in [5, 5.41) is 10.1. The molecule has 1 saturated heterocycles. The van der Waals surface area contributed by atoms with Crippen LogP contribution in [0.4, 0.5) is 0 Å². The molecule has 0 aromatic heterocycles. The van der Waals surface area contributed by atoms with Crippen molar-refractivity contribution in [2.24, 2.45) is 5.73 Å². The van der Waals surface area contributed by atoms with Gasteiger partial charge in [0.25, 0.3) is 0 Å². The Morgan fingerprint density at radius 1 is 0.857 bits per heavy atom. The molecule has 0 radical (unpaired) electrons. The van der Waals surface area contributed by atoms with E-state index in [4.69, 9.17) is 5.73 Å². The Balaban J connectivity index is 1.52. The maximum atomic E-state index is 10.1. The summed E-state index contributed by atoms with van der Waals surface area (Å²) in [5.41, 5.74) is 12.6. The molecule has 3 aromatic rings. The molecule has 1 aliphatic carbocycles. The number of nitrogens with two attached hydrogens (primary N) is 1. The van der Waals surface area contributed by atoms with E-state index < -0.39 is 5.41 Å². The van der Waals surface area contributed by atoms with Gasteiger partial charge < -0.3 is 5.73 Å². The Morgan fingerprint density at radius 2 is 1.43 bits per heavy atom. The molecule has 3 aromatic carbocycles. The number of hydrogen-bond donors (Lipinski definition) is 1. The van der Waals surface area contributed by atoms with Crippen LogP contribution in [0.15, 0.2) is 78.9 Å². The first-order valence-electron chi connectivity index (χ1n) is 9.90. The molecule has 2 N–H and O–H groups in total. The van der Waals surface area contributed by atoms with Crippen molar-refractivity contribution in [3.63, 3.8) is 0 Å². The Morgan fingerprint density at radius 3 is 2.00 bits per heavy atom. The molecule has 1 fully saturated rings. The average Bonchev–Trinajstić information content (AvgIpc) is 3.09. The third-order valence-electron chi connectivity index (χ3n) is 6.45. The van der Waals surface area contributed by atoms with Crippen LogP contribution >= 0.6 is 0 Å². The highest BCUT2D eigenvalue weighted by molar-refractivity contribution is 5.78. The van der Waals surface area contributed by atoms with E-state index in [1.807, 2.05) is 18.2 Å². The zero-order valence-corrected chi connectivity index (χ0v) is 15.8. The van der Waals surface area contributed by atoms with Crippen molar-refractivity contribution < 1.29 is 0 Å². The average molecular weight is 365 g/mol. The highest BCUT2D eigenvalue weighted by atomic mass is 15.3. The number of hydrogen-bond acceptors (Lipinski definition) is 3. The number of likely N-dealkylation sites (tertiary alicyclic amines) is 1. The number of piperidine rings is 1. The van der Waals surface area contributed by atoms with Crippen molar-refractivity contribution in [1.82, 2.24) is 4.90 Å². The van der Waals surface area contributed by atoms with Crippen LogP contribution in [0.5, 0.6) is 0 Å². The van der Waals surface area contributed by atoms with Crippen molar-refractivity contribution in [3.05, 3.63) is 95.6 Å². The van der Waals surface area contributed by atoms with Crippen LogP contribution < -0.4 is 5.73 Å². The fourth-order valence-electron chi connectivity index (χ4n) is 5.05. The molecule has 0 spiro atoms. The molecule has 3 nitrogen and oxygen atoms in total. The fraction of sp³-hybridized carbons (Fsp3) is 0.240. The first kappa shape index (κ1) is 17.2. The molecular formula is C25H23N3. The quantitative estimate of drug-likeness (QED) is 0.722. The van der Waals surface area contributed by atoms with Crippen LogP contribution in [0.2, 0.25) is 0 Å². The number of fused-ring (bicyclic) bond motifs is 3. The van der Waals surface area contributed by atoms with E-state index in [0.717, 1.165) is 18.5 Å². The zero-order valence-electron chi connectivity index (χ0n) is 15.8. The molecular weight excluding hydrogens is 342 g/mol. The van der Waals surface area contributed by atoms with Crippen molar-refractivity contribution in [1.29, 1.82) is 5.26 Å². The standard InChI is InChI=1S/C25H23N3/c26-17-25(18-8-2-1-3-9-18)14-15-28(23(27)16-25)24-21-12-6-4-10-19(21)20-11-5-7-13-22(20)24/h1-13,23-24H,14-16,27H2. The van der Waals surface area contributed by atoms with Crippen molar-refractivity contribution in [2.45, 2.75) is 30.5 Å². The first-order valence-corrected chi connectivity index (χ1v) is 9.90. The summed E-state index contributed by atoms with van der Waals surface area (Å²) >= 11 is 0. The predicted octanol–water partition coefficient (Wildman–Crippen LogP) is 4.60. The summed E-state index contributed by atoms with van der Waals surface area (Å²) in [6, 6.07) is 30.2. The van der Waals surface area contributed by atoms with Gasteiger partial charge in [0.2, 0.25) is 0 Å². The Labute approximate surface area is 166 Å². The normalized spacial score (nSPS) is 24.4. The molecule has 2 unspecified atom stereocenters. The van der Waals surface area contributed by atoms with Gasteiger partial charge in [-0.25, -0.2) is 0 Å². The number of benzene rings is 3. The maximum absolute atomic E-state index is 10.1. The Bertz CT molecular complexity index is 1010. The van der Waals surface area contributed by atoms with E-state index in [0.29, 0.717) is 6.42 Å². The minimum atomic E-state index is -0.505. The predicted molar refractivity (Wildman–Crippen MR) is 111 cm³/mol.